The van der Waals surface area contributed by atoms with Crippen LogP contribution < -0.4 is 10.1 Å². The van der Waals surface area contributed by atoms with E-state index in [4.69, 9.17) is 37.8 Å². The van der Waals surface area contributed by atoms with Crippen molar-refractivity contribution in [3.63, 3.8) is 0 Å². The van der Waals surface area contributed by atoms with Crippen molar-refractivity contribution in [2.75, 3.05) is 19.0 Å². The first-order valence-electron chi connectivity index (χ1n) is 12.2. The molecule has 2 aromatic carbocycles. The minimum Gasteiger partial charge on any atom is -0.496 e. The van der Waals surface area contributed by atoms with Crippen LogP contribution in [-0.2, 0) is 16.1 Å². The minimum absolute atomic E-state index is 0.0705. The van der Waals surface area contributed by atoms with E-state index in [1.807, 2.05) is 23.6 Å². The Kier molecular flexibility index (Phi) is 9.44. The number of aromatic nitrogens is 1. The maximum atomic E-state index is 12.9. The lowest BCUT2D eigenvalue weighted by Crippen LogP contribution is -2.12. The number of thiazole rings is 1. The molecule has 10 heteroatoms. The van der Waals surface area contributed by atoms with E-state index in [1.165, 1.54) is 62.2 Å². The first-order chi connectivity index (χ1) is 18.3. The van der Waals surface area contributed by atoms with Gasteiger partial charge in [-0.15, -0.1) is 11.3 Å². The van der Waals surface area contributed by atoms with Gasteiger partial charge in [-0.1, -0.05) is 48.2 Å². The number of anilines is 1. The summed E-state index contributed by atoms with van der Waals surface area (Å²) in [5, 5.41) is 14.5. The number of carboxylic acid groups (broad SMARTS) is 1. The van der Waals surface area contributed by atoms with Crippen molar-refractivity contribution >= 4 is 57.6 Å². The number of methoxy groups -OCH3 is 1. The Morgan fingerprint density at radius 2 is 1.92 bits per heavy atom. The lowest BCUT2D eigenvalue weighted by atomic mass is 10.1. The SMILES string of the molecule is COc1c(COCC2CCCC2)cccc1-c1csc(NC(=O)c2cc(Cl)c(C=C(C)C(=O)O)c(Cl)c2)n1. The van der Waals surface area contributed by atoms with Crippen LogP contribution in [0.25, 0.3) is 17.3 Å². The minimum atomic E-state index is -1.09. The molecule has 0 bridgehead atoms. The number of rotatable bonds is 10. The molecule has 1 heterocycles. The summed E-state index contributed by atoms with van der Waals surface area (Å²) in [5.74, 6) is -0.195. The van der Waals surface area contributed by atoms with E-state index in [1.54, 1.807) is 7.11 Å². The van der Waals surface area contributed by atoms with Crippen molar-refractivity contribution in [2.24, 2.45) is 5.92 Å². The monoisotopic (exact) mass is 574 g/mol. The van der Waals surface area contributed by atoms with Crippen molar-refractivity contribution in [1.82, 2.24) is 4.98 Å². The third-order valence-corrected chi connectivity index (χ3v) is 7.81. The van der Waals surface area contributed by atoms with Crippen LogP contribution in [0, 0.1) is 5.92 Å². The number of halogens is 2. The van der Waals surface area contributed by atoms with Crippen LogP contribution in [0.5, 0.6) is 5.75 Å². The Balaban J connectivity index is 1.48. The molecule has 1 aliphatic carbocycles. The van der Waals surface area contributed by atoms with E-state index < -0.39 is 11.9 Å². The predicted molar refractivity (Wildman–Crippen MR) is 151 cm³/mol. The third kappa shape index (κ3) is 6.74. The van der Waals surface area contributed by atoms with E-state index in [9.17, 15) is 9.59 Å². The molecule has 38 heavy (non-hydrogen) atoms. The molecule has 2 N–H and O–H groups in total. The van der Waals surface area contributed by atoms with E-state index in [-0.39, 0.29) is 21.2 Å². The average molecular weight is 576 g/mol. The standard InChI is InChI=1S/C28H28Cl2N2O5S/c1-16(27(34)35)10-21-22(29)11-19(12-23(21)30)26(33)32-28-31-24(15-38-28)20-9-5-8-18(25(20)36-2)14-37-13-17-6-3-4-7-17/h5,8-12,15,17H,3-4,6-7,13-14H2,1-2H3,(H,34,35)(H,31,32,33). The van der Waals surface area contributed by atoms with Crippen LogP contribution in [0.15, 0.2) is 41.3 Å². The fraction of sp³-hybridized carbons (Fsp3) is 0.321. The summed E-state index contributed by atoms with van der Waals surface area (Å²) < 4.78 is 11.7. The molecule has 1 saturated carbocycles. The molecule has 0 spiro atoms. The van der Waals surface area contributed by atoms with Crippen LogP contribution >= 0.6 is 34.5 Å². The largest absolute Gasteiger partial charge is 0.496 e. The maximum Gasteiger partial charge on any atom is 0.331 e. The second-order valence-corrected chi connectivity index (χ2v) is 10.8. The molecule has 0 aliphatic heterocycles. The fourth-order valence-electron chi connectivity index (χ4n) is 4.41. The number of carboxylic acids is 1. The Bertz CT molecular complexity index is 1340. The number of amides is 1. The molecule has 1 aromatic heterocycles. The lowest BCUT2D eigenvalue weighted by molar-refractivity contribution is -0.132. The first kappa shape index (κ1) is 28.1. The maximum absolute atomic E-state index is 12.9. The van der Waals surface area contributed by atoms with E-state index in [2.05, 4.69) is 10.3 Å². The van der Waals surface area contributed by atoms with Gasteiger partial charge < -0.3 is 14.6 Å². The summed E-state index contributed by atoms with van der Waals surface area (Å²) in [5.41, 5.74) is 3.04. The van der Waals surface area contributed by atoms with Gasteiger partial charge in [0.05, 0.1) is 29.5 Å². The zero-order chi connectivity index (χ0) is 27.2. The number of ether oxygens (including phenoxy) is 2. The van der Waals surface area contributed by atoms with Gasteiger partial charge in [-0.05, 0) is 50.0 Å². The molecular weight excluding hydrogens is 547 g/mol. The summed E-state index contributed by atoms with van der Waals surface area (Å²) >= 11 is 13.9. The third-order valence-electron chi connectivity index (χ3n) is 6.43. The number of carbonyl (C=O) groups excluding carboxylic acids is 1. The van der Waals surface area contributed by atoms with Gasteiger partial charge in [-0.3, -0.25) is 10.1 Å². The number of nitrogens with one attached hydrogen (secondary N) is 1. The van der Waals surface area contributed by atoms with Gasteiger partial charge in [-0.2, -0.15) is 0 Å². The van der Waals surface area contributed by atoms with Crippen molar-refractivity contribution in [3.05, 3.63) is 68.0 Å². The Labute approximate surface area is 235 Å². The predicted octanol–water partition coefficient (Wildman–Crippen LogP) is 7.57. The van der Waals surface area contributed by atoms with Crippen LogP contribution in [0.4, 0.5) is 5.13 Å². The van der Waals surface area contributed by atoms with Crippen molar-refractivity contribution in [3.8, 4) is 17.0 Å². The smallest absolute Gasteiger partial charge is 0.331 e. The molecule has 0 unspecified atom stereocenters. The molecular formula is C28H28Cl2N2O5S. The number of hydrogen-bond acceptors (Lipinski definition) is 6. The average Bonchev–Trinajstić information content (AvgIpc) is 3.58. The lowest BCUT2D eigenvalue weighted by Gasteiger charge is -2.14. The Morgan fingerprint density at radius 3 is 2.58 bits per heavy atom. The van der Waals surface area contributed by atoms with Gasteiger partial charge in [-0.25, -0.2) is 9.78 Å². The highest BCUT2D eigenvalue weighted by molar-refractivity contribution is 7.14. The number of hydrogen-bond donors (Lipinski definition) is 2. The summed E-state index contributed by atoms with van der Waals surface area (Å²) in [6, 6.07) is 8.73. The second-order valence-electron chi connectivity index (χ2n) is 9.14. The number of nitrogens with zero attached hydrogens (tertiary/aromatic N) is 1. The first-order valence-corrected chi connectivity index (χ1v) is 13.8. The number of carbonyl (C=O) groups is 2. The summed E-state index contributed by atoms with van der Waals surface area (Å²) in [6.07, 6.45) is 6.39. The number of para-hydroxylation sites is 1. The molecule has 1 amide bonds. The van der Waals surface area contributed by atoms with Crippen molar-refractivity contribution < 1.29 is 24.2 Å². The van der Waals surface area contributed by atoms with Gasteiger partial charge in [0.15, 0.2) is 5.13 Å². The zero-order valence-electron chi connectivity index (χ0n) is 21.1. The quantitative estimate of drug-likeness (QED) is 0.242. The highest BCUT2D eigenvalue weighted by Gasteiger charge is 2.19. The van der Waals surface area contributed by atoms with Crippen molar-refractivity contribution in [1.29, 1.82) is 0 Å². The highest BCUT2D eigenvalue weighted by atomic mass is 35.5. The molecule has 0 atom stereocenters. The molecule has 0 radical (unpaired) electrons. The molecule has 200 valence electrons. The van der Waals surface area contributed by atoms with Crippen LogP contribution in [-0.4, -0.2) is 35.7 Å². The van der Waals surface area contributed by atoms with Crippen LogP contribution in [0.2, 0.25) is 10.0 Å². The van der Waals surface area contributed by atoms with E-state index >= 15 is 0 Å². The second kappa shape index (κ2) is 12.8. The molecule has 7 nitrogen and oxygen atoms in total. The highest BCUT2D eigenvalue weighted by Crippen LogP contribution is 2.36. The summed E-state index contributed by atoms with van der Waals surface area (Å²) in [7, 11) is 1.62. The van der Waals surface area contributed by atoms with Crippen molar-refractivity contribution in [2.45, 2.75) is 39.2 Å². The van der Waals surface area contributed by atoms with E-state index in [0.717, 1.165) is 17.7 Å². The number of benzene rings is 2. The molecule has 3 aromatic rings. The molecule has 1 aliphatic rings. The Morgan fingerprint density at radius 1 is 1.21 bits per heavy atom. The van der Waals surface area contributed by atoms with Gasteiger partial charge in [0.2, 0.25) is 0 Å². The van der Waals surface area contributed by atoms with Gasteiger partial charge in [0.25, 0.3) is 5.91 Å². The molecule has 0 saturated heterocycles. The summed E-state index contributed by atoms with van der Waals surface area (Å²) in [6.45, 7) is 2.65. The number of aliphatic carboxylic acids is 1. The zero-order valence-corrected chi connectivity index (χ0v) is 23.4. The topological polar surface area (TPSA) is 97.8 Å². The fourth-order valence-corrected chi connectivity index (χ4v) is 5.71. The van der Waals surface area contributed by atoms with Gasteiger partial charge in [0, 0.05) is 39.8 Å². The van der Waals surface area contributed by atoms with Gasteiger partial charge >= 0.3 is 5.97 Å². The molecule has 1 fully saturated rings. The normalized spacial score (nSPS) is 14.1. The molecule has 4 rings (SSSR count). The van der Waals surface area contributed by atoms with Crippen LogP contribution in [0.3, 0.4) is 0 Å². The van der Waals surface area contributed by atoms with E-state index in [0.29, 0.717) is 34.7 Å². The Hall–Kier alpha value is -2.91. The summed E-state index contributed by atoms with van der Waals surface area (Å²) in [4.78, 5) is 28.6. The van der Waals surface area contributed by atoms with Gasteiger partial charge in [0.1, 0.15) is 5.75 Å². The van der Waals surface area contributed by atoms with Crippen LogP contribution in [0.1, 0.15) is 54.1 Å².